The fourth-order valence-electron chi connectivity index (χ4n) is 1.78. The van der Waals surface area contributed by atoms with Crippen LogP contribution in [0.2, 0.25) is 0 Å². The molecular weight excluding hydrogens is 274 g/mol. The largest absolute Gasteiger partial charge is 0.380 e. The van der Waals surface area contributed by atoms with Gasteiger partial charge < -0.3 is 15.4 Å². The van der Waals surface area contributed by atoms with Crippen LogP contribution in [-0.4, -0.2) is 40.7 Å². The first-order chi connectivity index (χ1) is 10.0. The first kappa shape index (κ1) is 17.1. The highest BCUT2D eigenvalue weighted by atomic mass is 16.6. The molecule has 0 saturated heterocycles. The van der Waals surface area contributed by atoms with Crippen LogP contribution in [0.25, 0.3) is 0 Å². The number of rotatable bonds is 9. The fraction of sp³-hybridized carbons (Fsp3) is 0.692. The van der Waals surface area contributed by atoms with Crippen molar-refractivity contribution in [2.75, 3.05) is 30.4 Å². The molecule has 0 aliphatic heterocycles. The van der Waals surface area contributed by atoms with Crippen molar-refractivity contribution in [1.82, 2.24) is 9.97 Å². The van der Waals surface area contributed by atoms with Gasteiger partial charge in [-0.3, -0.25) is 10.1 Å². The Bertz CT molecular complexity index is 467. The van der Waals surface area contributed by atoms with E-state index in [1.807, 2.05) is 27.7 Å². The summed E-state index contributed by atoms with van der Waals surface area (Å²) in [5, 5.41) is 17.3. The quantitative estimate of drug-likeness (QED) is 0.532. The minimum absolute atomic E-state index is 0.0620. The van der Waals surface area contributed by atoms with E-state index >= 15 is 0 Å². The summed E-state index contributed by atoms with van der Waals surface area (Å²) in [5.74, 6) is 0.678. The van der Waals surface area contributed by atoms with Gasteiger partial charge in [0.15, 0.2) is 0 Å². The molecule has 0 saturated carbocycles. The molecule has 0 amide bonds. The number of aromatic nitrogens is 2. The molecule has 21 heavy (non-hydrogen) atoms. The van der Waals surface area contributed by atoms with Crippen LogP contribution in [-0.2, 0) is 4.74 Å². The summed E-state index contributed by atoms with van der Waals surface area (Å²) in [4.78, 5) is 18.8. The molecule has 0 radical (unpaired) electrons. The molecule has 8 heteroatoms. The minimum atomic E-state index is -0.474. The van der Waals surface area contributed by atoms with E-state index in [-0.39, 0.29) is 29.3 Å². The van der Waals surface area contributed by atoms with Gasteiger partial charge in [-0.05, 0) is 19.8 Å². The van der Waals surface area contributed by atoms with Crippen molar-refractivity contribution in [1.29, 1.82) is 0 Å². The zero-order valence-corrected chi connectivity index (χ0v) is 12.9. The zero-order valence-electron chi connectivity index (χ0n) is 12.9. The van der Waals surface area contributed by atoms with Crippen LogP contribution in [0.3, 0.4) is 0 Å². The van der Waals surface area contributed by atoms with Gasteiger partial charge >= 0.3 is 5.69 Å². The molecule has 1 aromatic rings. The van der Waals surface area contributed by atoms with Crippen molar-refractivity contribution in [2.24, 2.45) is 5.92 Å². The molecule has 1 rings (SSSR count). The first-order valence-electron chi connectivity index (χ1n) is 7.08. The summed E-state index contributed by atoms with van der Waals surface area (Å²) in [6.45, 7) is 9.41. The molecule has 0 spiro atoms. The molecule has 0 aliphatic rings. The number of nitrogens with zero attached hydrogens (tertiary/aromatic N) is 3. The fourth-order valence-corrected chi connectivity index (χ4v) is 1.78. The second kappa shape index (κ2) is 8.35. The molecule has 0 bridgehead atoms. The van der Waals surface area contributed by atoms with Crippen LogP contribution in [0.1, 0.15) is 27.7 Å². The van der Waals surface area contributed by atoms with E-state index in [1.165, 1.54) is 6.33 Å². The number of anilines is 2. The third kappa shape index (κ3) is 4.82. The standard InChI is InChI=1S/C13H23N5O3/c1-5-14-12-11(18(19)20)13(16-8-15-12)17-10(9(3)4)7-21-6-2/h8-10H,5-7H2,1-4H3,(H2,14,15,16,17). The predicted molar refractivity (Wildman–Crippen MR) is 81.6 cm³/mol. The molecule has 0 fully saturated rings. The summed E-state index contributed by atoms with van der Waals surface area (Å²) >= 11 is 0. The Hall–Kier alpha value is -1.96. The van der Waals surface area contributed by atoms with Gasteiger partial charge in [-0.25, -0.2) is 9.97 Å². The molecule has 1 aromatic heterocycles. The maximum atomic E-state index is 11.3. The Morgan fingerprint density at radius 1 is 1.33 bits per heavy atom. The van der Waals surface area contributed by atoms with Crippen LogP contribution in [0, 0.1) is 16.0 Å². The Labute approximate surface area is 124 Å². The first-order valence-corrected chi connectivity index (χ1v) is 7.08. The Kier molecular flexibility index (Phi) is 6.80. The Balaban J connectivity index is 3.04. The average Bonchev–Trinajstić information content (AvgIpc) is 2.43. The lowest BCUT2D eigenvalue weighted by Gasteiger charge is -2.22. The summed E-state index contributed by atoms with van der Waals surface area (Å²) in [6, 6.07) is -0.0620. The maximum Gasteiger partial charge on any atom is 0.353 e. The molecule has 1 atom stereocenters. The van der Waals surface area contributed by atoms with Gasteiger partial charge in [-0.1, -0.05) is 13.8 Å². The van der Waals surface area contributed by atoms with Gasteiger partial charge in [0.25, 0.3) is 0 Å². The summed E-state index contributed by atoms with van der Waals surface area (Å²) in [5.41, 5.74) is -0.138. The number of nitro groups is 1. The van der Waals surface area contributed by atoms with Gasteiger partial charge in [-0.15, -0.1) is 0 Å². The minimum Gasteiger partial charge on any atom is -0.380 e. The van der Waals surface area contributed by atoms with Crippen LogP contribution in [0.5, 0.6) is 0 Å². The van der Waals surface area contributed by atoms with Gasteiger partial charge in [0.1, 0.15) is 6.33 Å². The molecule has 1 heterocycles. The average molecular weight is 297 g/mol. The second-order valence-corrected chi connectivity index (χ2v) is 4.86. The number of ether oxygens (including phenoxy) is 1. The van der Waals surface area contributed by atoms with Crippen LogP contribution < -0.4 is 10.6 Å². The second-order valence-electron chi connectivity index (χ2n) is 4.86. The third-order valence-corrected chi connectivity index (χ3v) is 2.98. The van der Waals surface area contributed by atoms with Crippen molar-refractivity contribution >= 4 is 17.3 Å². The van der Waals surface area contributed by atoms with E-state index < -0.39 is 4.92 Å². The molecule has 8 nitrogen and oxygen atoms in total. The lowest BCUT2D eigenvalue weighted by Crippen LogP contribution is -2.31. The molecule has 0 aliphatic carbocycles. The number of hydrogen-bond acceptors (Lipinski definition) is 7. The van der Waals surface area contributed by atoms with E-state index in [2.05, 4.69) is 20.6 Å². The summed E-state index contributed by atoms with van der Waals surface area (Å²) < 4.78 is 5.42. The molecule has 1 unspecified atom stereocenters. The van der Waals surface area contributed by atoms with Crippen LogP contribution in [0.4, 0.5) is 17.3 Å². The monoisotopic (exact) mass is 297 g/mol. The van der Waals surface area contributed by atoms with Gasteiger partial charge in [0, 0.05) is 13.2 Å². The smallest absolute Gasteiger partial charge is 0.353 e. The third-order valence-electron chi connectivity index (χ3n) is 2.98. The van der Waals surface area contributed by atoms with E-state index in [9.17, 15) is 10.1 Å². The van der Waals surface area contributed by atoms with Gasteiger partial charge in [0.2, 0.25) is 11.6 Å². The highest BCUT2D eigenvalue weighted by Gasteiger charge is 2.25. The Morgan fingerprint density at radius 3 is 2.52 bits per heavy atom. The number of hydrogen-bond donors (Lipinski definition) is 2. The Morgan fingerprint density at radius 2 is 2.00 bits per heavy atom. The van der Waals surface area contributed by atoms with Gasteiger partial charge in [0.05, 0.1) is 17.6 Å². The maximum absolute atomic E-state index is 11.3. The topological polar surface area (TPSA) is 102 Å². The molecular formula is C13H23N5O3. The summed E-state index contributed by atoms with van der Waals surface area (Å²) in [7, 11) is 0. The molecule has 118 valence electrons. The van der Waals surface area contributed by atoms with E-state index in [0.717, 1.165) is 0 Å². The molecule has 2 N–H and O–H groups in total. The van der Waals surface area contributed by atoms with Crippen molar-refractivity contribution in [3.63, 3.8) is 0 Å². The van der Waals surface area contributed by atoms with E-state index in [0.29, 0.717) is 19.8 Å². The number of nitrogens with one attached hydrogen (secondary N) is 2. The highest BCUT2D eigenvalue weighted by Crippen LogP contribution is 2.29. The van der Waals surface area contributed by atoms with E-state index in [1.54, 1.807) is 0 Å². The zero-order chi connectivity index (χ0) is 15.8. The predicted octanol–water partition coefficient (Wildman–Crippen LogP) is 2.29. The SMILES string of the molecule is CCNc1ncnc(NC(COCC)C(C)C)c1[N+](=O)[O-]. The van der Waals surface area contributed by atoms with E-state index in [4.69, 9.17) is 4.74 Å². The normalized spacial score (nSPS) is 12.2. The van der Waals surface area contributed by atoms with Crippen molar-refractivity contribution in [3.8, 4) is 0 Å². The van der Waals surface area contributed by atoms with Crippen molar-refractivity contribution in [2.45, 2.75) is 33.7 Å². The van der Waals surface area contributed by atoms with Crippen LogP contribution >= 0.6 is 0 Å². The van der Waals surface area contributed by atoms with Crippen molar-refractivity contribution in [3.05, 3.63) is 16.4 Å². The lowest BCUT2D eigenvalue weighted by atomic mass is 10.1. The lowest BCUT2D eigenvalue weighted by molar-refractivity contribution is -0.383. The highest BCUT2D eigenvalue weighted by molar-refractivity contribution is 5.69. The van der Waals surface area contributed by atoms with Gasteiger partial charge in [-0.2, -0.15) is 0 Å². The molecule has 0 aromatic carbocycles. The van der Waals surface area contributed by atoms with Crippen LogP contribution in [0.15, 0.2) is 6.33 Å². The van der Waals surface area contributed by atoms with Crippen molar-refractivity contribution < 1.29 is 9.66 Å². The summed E-state index contributed by atoms with van der Waals surface area (Å²) in [6.07, 6.45) is 1.31.